The largest absolute Gasteiger partial charge is 0.497 e. The van der Waals surface area contributed by atoms with Gasteiger partial charge in [0.1, 0.15) is 11.8 Å². The summed E-state index contributed by atoms with van der Waals surface area (Å²) in [5.41, 5.74) is 5.23. The zero-order chi connectivity index (χ0) is 25.3. The van der Waals surface area contributed by atoms with E-state index in [-0.39, 0.29) is 0 Å². The zero-order valence-electron chi connectivity index (χ0n) is 19.8. The van der Waals surface area contributed by atoms with Gasteiger partial charge in [0.15, 0.2) is 11.5 Å². The van der Waals surface area contributed by atoms with Crippen molar-refractivity contribution in [2.75, 3.05) is 34.1 Å². The molecule has 0 bridgehead atoms. The Labute approximate surface area is 200 Å². The van der Waals surface area contributed by atoms with E-state index in [9.17, 15) is 13.7 Å². The summed E-state index contributed by atoms with van der Waals surface area (Å²) < 4.78 is 41.9. The highest BCUT2D eigenvalue weighted by Crippen LogP contribution is 2.33. The van der Waals surface area contributed by atoms with Gasteiger partial charge in [-0.2, -0.15) is 13.7 Å². The molecule has 180 valence electrons. The maximum atomic E-state index is 9.82. The van der Waals surface area contributed by atoms with Gasteiger partial charge in [-0.3, -0.25) is 9.55 Å². The number of rotatable bonds is 6. The Hall–Kier alpha value is -3.61. The second-order valence-corrected chi connectivity index (χ2v) is 8.88. The van der Waals surface area contributed by atoms with Crippen LogP contribution in [0.1, 0.15) is 23.6 Å². The van der Waals surface area contributed by atoms with E-state index in [1.807, 2.05) is 55.5 Å². The highest BCUT2D eigenvalue weighted by Gasteiger charge is 2.21. The van der Waals surface area contributed by atoms with Gasteiger partial charge in [-0.05, 0) is 60.4 Å². The minimum atomic E-state index is -3.67. The molecule has 0 fully saturated rings. The average Bonchev–Trinajstić information content (AvgIpc) is 2.80. The van der Waals surface area contributed by atoms with Crippen LogP contribution >= 0.6 is 0 Å². The molecule has 2 aromatic carbocycles. The minimum absolute atomic E-state index is 0.528. The number of methoxy groups -OCH3 is 3. The normalized spacial score (nSPS) is 13.5. The molecular formula is C25H28N2O6S. The zero-order valence-corrected chi connectivity index (χ0v) is 20.6. The molecule has 1 aliphatic rings. The lowest BCUT2D eigenvalue weighted by molar-refractivity contribution is 0.354. The highest BCUT2D eigenvalue weighted by atomic mass is 32.2. The Kier molecular flexibility index (Phi) is 9.42. The van der Waals surface area contributed by atoms with Crippen LogP contribution in [0.2, 0.25) is 0 Å². The minimum Gasteiger partial charge on any atom is -0.497 e. The Bertz CT molecular complexity index is 1250. The number of hydrogen-bond acceptors (Lipinski definition) is 7. The van der Waals surface area contributed by atoms with Crippen LogP contribution in [0.4, 0.5) is 0 Å². The van der Waals surface area contributed by atoms with Crippen LogP contribution in [0.25, 0.3) is 6.08 Å². The molecule has 0 unspecified atom stereocenters. The lowest BCUT2D eigenvalue weighted by Crippen LogP contribution is -2.15. The molecule has 1 aliphatic heterocycles. The molecular weight excluding hydrogens is 456 g/mol. The first kappa shape index (κ1) is 26.6. The van der Waals surface area contributed by atoms with Crippen molar-refractivity contribution in [1.82, 2.24) is 0 Å². The number of benzene rings is 2. The fourth-order valence-electron chi connectivity index (χ4n) is 3.34. The molecule has 0 aromatic heterocycles. The van der Waals surface area contributed by atoms with Crippen molar-refractivity contribution in [3.63, 3.8) is 0 Å². The maximum Gasteiger partial charge on any atom is 0.261 e. The molecule has 34 heavy (non-hydrogen) atoms. The van der Waals surface area contributed by atoms with Crippen molar-refractivity contribution in [2.45, 2.75) is 13.3 Å². The number of hydrogen-bond donors (Lipinski definition) is 1. The van der Waals surface area contributed by atoms with Crippen molar-refractivity contribution in [3.05, 3.63) is 70.3 Å². The smallest absolute Gasteiger partial charge is 0.261 e. The first-order valence-electron chi connectivity index (χ1n) is 10.3. The monoisotopic (exact) mass is 484 g/mol. The molecule has 0 saturated heterocycles. The average molecular weight is 485 g/mol. The van der Waals surface area contributed by atoms with Crippen LogP contribution in [0, 0.1) is 11.3 Å². The second-order valence-electron chi connectivity index (χ2n) is 7.41. The van der Waals surface area contributed by atoms with Crippen molar-refractivity contribution in [1.29, 1.82) is 5.26 Å². The second kappa shape index (κ2) is 12.0. The Morgan fingerprint density at radius 3 is 2.21 bits per heavy atom. The van der Waals surface area contributed by atoms with Gasteiger partial charge >= 0.3 is 0 Å². The molecule has 3 rings (SSSR count). The predicted octanol–water partition coefficient (Wildman–Crippen LogP) is 4.12. The summed E-state index contributed by atoms with van der Waals surface area (Å²) in [7, 11) is 1.20. The molecule has 0 aliphatic carbocycles. The number of fused-ring (bicyclic) bond motifs is 1. The van der Waals surface area contributed by atoms with E-state index in [1.165, 1.54) is 0 Å². The fourth-order valence-corrected chi connectivity index (χ4v) is 3.34. The van der Waals surface area contributed by atoms with Crippen LogP contribution in [-0.4, -0.2) is 52.8 Å². The summed E-state index contributed by atoms with van der Waals surface area (Å²) in [4.78, 5) is 4.64. The third-order valence-corrected chi connectivity index (χ3v) is 4.77. The van der Waals surface area contributed by atoms with Crippen LogP contribution in [0.15, 0.2) is 58.6 Å². The number of allylic oxidation sites excluding steroid dienone is 3. The SMILES string of the molecule is COc1ccc(/C=C(C)/C=C(\C#N)C2=NCCc3cc(OC)c(OC)cc32)cc1.CS(=O)(=O)O. The summed E-state index contributed by atoms with van der Waals surface area (Å²) in [6.07, 6.45) is 5.41. The number of nitriles is 1. The van der Waals surface area contributed by atoms with E-state index in [0.717, 1.165) is 34.4 Å². The Balaban J connectivity index is 0.000000739. The summed E-state index contributed by atoms with van der Waals surface area (Å²) in [6, 6.07) is 14.0. The maximum absolute atomic E-state index is 9.82. The van der Waals surface area contributed by atoms with Crippen LogP contribution in [0.5, 0.6) is 17.2 Å². The number of aliphatic imine (C=N–C) groups is 1. The van der Waals surface area contributed by atoms with Gasteiger partial charge in [0, 0.05) is 12.1 Å². The molecule has 0 atom stereocenters. The summed E-state index contributed by atoms with van der Waals surface area (Å²) in [5.74, 6) is 2.12. The molecule has 1 N–H and O–H groups in total. The molecule has 0 radical (unpaired) electrons. The van der Waals surface area contributed by atoms with E-state index >= 15 is 0 Å². The van der Waals surface area contributed by atoms with Gasteiger partial charge in [0.05, 0.1) is 38.9 Å². The summed E-state index contributed by atoms with van der Waals surface area (Å²) in [5, 5.41) is 9.82. The quantitative estimate of drug-likeness (QED) is 0.372. The van der Waals surface area contributed by atoms with E-state index < -0.39 is 10.1 Å². The molecule has 9 heteroatoms. The lowest BCUT2D eigenvalue weighted by Gasteiger charge is -2.19. The lowest BCUT2D eigenvalue weighted by atomic mass is 9.92. The van der Waals surface area contributed by atoms with Gasteiger partial charge in [-0.25, -0.2) is 0 Å². The van der Waals surface area contributed by atoms with Gasteiger partial charge in [0.25, 0.3) is 10.1 Å². The number of ether oxygens (including phenoxy) is 3. The van der Waals surface area contributed by atoms with E-state index in [1.54, 1.807) is 21.3 Å². The highest BCUT2D eigenvalue weighted by molar-refractivity contribution is 7.85. The van der Waals surface area contributed by atoms with Crippen LogP contribution < -0.4 is 14.2 Å². The van der Waals surface area contributed by atoms with E-state index in [2.05, 4.69) is 11.1 Å². The molecule has 8 nitrogen and oxygen atoms in total. The molecule has 2 aromatic rings. The first-order chi connectivity index (χ1) is 16.1. The third kappa shape index (κ3) is 7.76. The molecule has 0 spiro atoms. The fraction of sp³-hybridized carbons (Fsp3) is 0.280. The first-order valence-corrected chi connectivity index (χ1v) is 12.1. The Morgan fingerprint density at radius 2 is 1.68 bits per heavy atom. The summed E-state index contributed by atoms with van der Waals surface area (Å²) >= 11 is 0. The number of nitrogens with zero attached hydrogens (tertiary/aromatic N) is 2. The Morgan fingerprint density at radius 1 is 1.09 bits per heavy atom. The van der Waals surface area contributed by atoms with Crippen LogP contribution in [0.3, 0.4) is 0 Å². The standard InChI is InChI=1S/C24H24N2O3.CH4O3S/c1-16(11-17-5-7-20(27-2)8-6-17)12-19(15-25)24-21-14-23(29-4)22(28-3)13-18(21)9-10-26-24;1-5(2,3)4/h5-8,11-14H,9-10H2,1-4H3;1H3,(H,2,3,4)/b16-11+,19-12+;. The molecule has 1 heterocycles. The van der Waals surface area contributed by atoms with Gasteiger partial charge in [-0.1, -0.05) is 18.2 Å². The molecule has 0 amide bonds. The van der Waals surface area contributed by atoms with Crippen molar-refractivity contribution in [3.8, 4) is 23.3 Å². The van der Waals surface area contributed by atoms with Crippen molar-refractivity contribution >= 4 is 21.9 Å². The van der Waals surface area contributed by atoms with E-state index in [4.69, 9.17) is 18.8 Å². The van der Waals surface area contributed by atoms with Gasteiger partial charge in [0.2, 0.25) is 0 Å². The third-order valence-electron chi connectivity index (χ3n) is 4.77. The van der Waals surface area contributed by atoms with Gasteiger partial charge < -0.3 is 14.2 Å². The summed E-state index contributed by atoms with van der Waals surface area (Å²) in [6.45, 7) is 2.61. The topological polar surface area (TPSA) is 118 Å². The van der Waals surface area contributed by atoms with Gasteiger partial charge in [-0.15, -0.1) is 0 Å². The molecule has 0 saturated carbocycles. The van der Waals surface area contributed by atoms with E-state index in [0.29, 0.717) is 35.6 Å². The van der Waals surface area contributed by atoms with Crippen molar-refractivity contribution in [2.24, 2.45) is 4.99 Å². The predicted molar refractivity (Wildman–Crippen MR) is 132 cm³/mol. The van der Waals surface area contributed by atoms with Crippen molar-refractivity contribution < 1.29 is 27.2 Å². The van der Waals surface area contributed by atoms with Crippen LogP contribution in [-0.2, 0) is 16.5 Å².